The molecule has 2 fully saturated rings. The average molecular weight is 613 g/mol. The van der Waals surface area contributed by atoms with Crippen molar-refractivity contribution < 1.29 is 22.8 Å². The van der Waals surface area contributed by atoms with E-state index in [4.69, 9.17) is 11.6 Å². The average Bonchev–Trinajstić information content (AvgIpc) is 2.90. The summed E-state index contributed by atoms with van der Waals surface area (Å²) in [4.78, 5) is 42.2. The van der Waals surface area contributed by atoms with E-state index in [2.05, 4.69) is 35.6 Å². The molecule has 1 atom stereocenters. The minimum atomic E-state index is -4.40. The molecule has 1 aromatic heterocycles. The van der Waals surface area contributed by atoms with Crippen molar-refractivity contribution >= 4 is 46.7 Å². The van der Waals surface area contributed by atoms with Gasteiger partial charge in [-0.05, 0) is 30.5 Å². The van der Waals surface area contributed by atoms with Crippen LogP contribution in [0.25, 0.3) is 0 Å². The minimum absolute atomic E-state index is 0.0135. The second-order valence-electron chi connectivity index (χ2n) is 11.7. The topological polar surface area (TPSA) is 72.9 Å². The third-order valence-corrected chi connectivity index (χ3v) is 8.14. The maximum atomic E-state index is 13.1. The summed E-state index contributed by atoms with van der Waals surface area (Å²) in [5.74, 6) is 0.832. The molecule has 1 aromatic carbocycles. The molecular formula is C28H36ClF3N6O2S. The lowest BCUT2D eigenvalue weighted by Crippen LogP contribution is -2.54. The molecule has 0 radical (unpaired) electrons. The lowest BCUT2D eigenvalue weighted by atomic mass is 9.91. The fourth-order valence-electron chi connectivity index (χ4n) is 5.01. The summed E-state index contributed by atoms with van der Waals surface area (Å²) in [6.07, 6.45) is -3.91. The molecule has 13 heteroatoms. The quantitative estimate of drug-likeness (QED) is 0.256. The number of carbonyl (C=O) groups is 2. The van der Waals surface area contributed by atoms with Gasteiger partial charge in [0, 0.05) is 70.0 Å². The molecule has 8 nitrogen and oxygen atoms in total. The third kappa shape index (κ3) is 8.41. The molecule has 0 saturated carbocycles. The molecule has 3 heterocycles. The highest BCUT2D eigenvalue weighted by Crippen LogP contribution is 2.32. The van der Waals surface area contributed by atoms with Gasteiger partial charge in [-0.2, -0.15) is 13.2 Å². The Hall–Kier alpha value is -2.73. The molecule has 2 aliphatic heterocycles. The molecule has 1 unspecified atom stereocenters. The van der Waals surface area contributed by atoms with Crippen LogP contribution in [0.4, 0.5) is 24.7 Å². The maximum Gasteiger partial charge on any atom is 0.416 e. The van der Waals surface area contributed by atoms with E-state index in [0.29, 0.717) is 68.9 Å². The third-order valence-electron chi connectivity index (χ3n) is 7.11. The molecule has 41 heavy (non-hydrogen) atoms. The standard InChI is InChI=1S/C28H36ClF3N6O2S/c1-19-17-37(12-13-38(19)24(39)16-27(2,3)4)23-15-22(29)33-26(34-23)41-18-25(40)36-10-8-35(9-11-36)21-7-5-6-20(14-21)28(30,31)32/h5-7,14-15,19H,8-13,16-18H2,1-4H3. The number of carbonyl (C=O) groups excluding carboxylic acids is 2. The summed E-state index contributed by atoms with van der Waals surface area (Å²) in [5.41, 5.74) is -0.264. The van der Waals surface area contributed by atoms with Gasteiger partial charge >= 0.3 is 6.18 Å². The Morgan fingerprint density at radius 3 is 2.29 bits per heavy atom. The molecule has 0 spiro atoms. The highest BCUT2D eigenvalue weighted by molar-refractivity contribution is 7.99. The predicted molar refractivity (Wildman–Crippen MR) is 155 cm³/mol. The summed E-state index contributed by atoms with van der Waals surface area (Å²) in [6, 6.07) is 6.96. The zero-order valence-corrected chi connectivity index (χ0v) is 25.3. The van der Waals surface area contributed by atoms with Crippen LogP contribution in [0.3, 0.4) is 0 Å². The molecule has 224 valence electrons. The van der Waals surface area contributed by atoms with Crippen LogP contribution in [0.15, 0.2) is 35.5 Å². The Bertz CT molecular complexity index is 1250. The van der Waals surface area contributed by atoms with Crippen LogP contribution in [0.5, 0.6) is 0 Å². The van der Waals surface area contributed by atoms with Gasteiger partial charge in [0.25, 0.3) is 0 Å². The fourth-order valence-corrected chi connectivity index (χ4v) is 6.00. The van der Waals surface area contributed by atoms with Crippen LogP contribution >= 0.6 is 23.4 Å². The molecule has 4 rings (SSSR count). The highest BCUT2D eigenvalue weighted by Gasteiger charge is 2.32. The van der Waals surface area contributed by atoms with E-state index in [0.717, 1.165) is 12.1 Å². The van der Waals surface area contributed by atoms with Crippen molar-refractivity contribution in [3.63, 3.8) is 0 Å². The number of hydrogen-bond acceptors (Lipinski definition) is 7. The number of amides is 2. The summed E-state index contributed by atoms with van der Waals surface area (Å²) in [7, 11) is 0. The van der Waals surface area contributed by atoms with E-state index in [1.54, 1.807) is 17.0 Å². The molecule has 2 saturated heterocycles. The van der Waals surface area contributed by atoms with E-state index < -0.39 is 11.7 Å². The minimum Gasteiger partial charge on any atom is -0.368 e. The number of aromatic nitrogens is 2. The van der Waals surface area contributed by atoms with Gasteiger partial charge in [-0.3, -0.25) is 9.59 Å². The Morgan fingerprint density at radius 1 is 0.976 bits per heavy atom. The van der Waals surface area contributed by atoms with Crippen LogP contribution in [-0.4, -0.2) is 89.2 Å². The molecule has 2 amide bonds. The van der Waals surface area contributed by atoms with Crippen molar-refractivity contribution in [3.8, 4) is 0 Å². The van der Waals surface area contributed by atoms with E-state index >= 15 is 0 Å². The van der Waals surface area contributed by atoms with Gasteiger partial charge in [0.2, 0.25) is 11.8 Å². The summed E-state index contributed by atoms with van der Waals surface area (Å²) < 4.78 is 39.3. The maximum absolute atomic E-state index is 13.1. The van der Waals surface area contributed by atoms with Gasteiger partial charge in [-0.1, -0.05) is 50.2 Å². The highest BCUT2D eigenvalue weighted by atomic mass is 35.5. The van der Waals surface area contributed by atoms with Crippen LogP contribution in [-0.2, 0) is 15.8 Å². The van der Waals surface area contributed by atoms with Gasteiger partial charge < -0.3 is 19.6 Å². The lowest BCUT2D eigenvalue weighted by Gasteiger charge is -2.41. The first-order chi connectivity index (χ1) is 19.2. The Labute approximate surface area is 248 Å². The number of thioether (sulfide) groups is 1. The predicted octanol–water partition coefficient (Wildman–Crippen LogP) is 5.06. The van der Waals surface area contributed by atoms with E-state index in [1.807, 2.05) is 16.7 Å². The van der Waals surface area contributed by atoms with Crippen molar-refractivity contribution in [2.45, 2.75) is 51.5 Å². The van der Waals surface area contributed by atoms with Gasteiger partial charge in [-0.25, -0.2) is 9.97 Å². The van der Waals surface area contributed by atoms with Crippen molar-refractivity contribution in [1.29, 1.82) is 0 Å². The van der Waals surface area contributed by atoms with Crippen molar-refractivity contribution in [2.75, 3.05) is 61.4 Å². The van der Waals surface area contributed by atoms with Crippen molar-refractivity contribution in [2.24, 2.45) is 5.41 Å². The zero-order valence-electron chi connectivity index (χ0n) is 23.7. The molecule has 2 aliphatic rings. The van der Waals surface area contributed by atoms with Gasteiger partial charge in [-0.15, -0.1) is 0 Å². The number of benzene rings is 1. The summed E-state index contributed by atoms with van der Waals surface area (Å²) >= 11 is 7.51. The second kappa shape index (κ2) is 12.6. The van der Waals surface area contributed by atoms with E-state index in [-0.39, 0.29) is 34.2 Å². The van der Waals surface area contributed by atoms with Crippen LogP contribution in [0, 0.1) is 5.41 Å². The van der Waals surface area contributed by atoms with E-state index in [1.165, 1.54) is 17.8 Å². The first-order valence-corrected chi connectivity index (χ1v) is 15.0. The Morgan fingerprint density at radius 2 is 1.66 bits per heavy atom. The lowest BCUT2D eigenvalue weighted by molar-refractivity contribution is -0.137. The van der Waals surface area contributed by atoms with Crippen LogP contribution in [0.2, 0.25) is 5.15 Å². The number of piperazine rings is 2. The second-order valence-corrected chi connectivity index (χ2v) is 13.0. The number of hydrogen-bond donors (Lipinski definition) is 0. The number of halogens is 4. The van der Waals surface area contributed by atoms with Crippen LogP contribution in [0.1, 0.15) is 39.7 Å². The molecular weight excluding hydrogens is 577 g/mol. The largest absolute Gasteiger partial charge is 0.416 e. The van der Waals surface area contributed by atoms with E-state index in [9.17, 15) is 22.8 Å². The molecule has 0 N–H and O–H groups in total. The zero-order chi connectivity index (χ0) is 29.9. The Balaban J connectivity index is 1.30. The van der Waals surface area contributed by atoms with Crippen molar-refractivity contribution in [3.05, 3.63) is 41.0 Å². The number of nitrogens with zero attached hydrogens (tertiary/aromatic N) is 6. The first-order valence-electron chi connectivity index (χ1n) is 13.6. The number of anilines is 2. The molecule has 0 bridgehead atoms. The van der Waals surface area contributed by atoms with Gasteiger partial charge in [0.05, 0.1) is 11.3 Å². The SMILES string of the molecule is CC1CN(c2cc(Cl)nc(SCC(=O)N3CCN(c4cccc(C(F)(F)F)c4)CC3)n2)CCN1C(=O)CC(C)(C)C. The molecule has 0 aliphatic carbocycles. The number of alkyl halides is 3. The Kier molecular flexibility index (Phi) is 9.63. The molecule has 2 aromatic rings. The van der Waals surface area contributed by atoms with Crippen LogP contribution < -0.4 is 9.80 Å². The normalized spacial score (nSPS) is 18.6. The van der Waals surface area contributed by atoms with Gasteiger partial charge in [0.15, 0.2) is 5.16 Å². The summed E-state index contributed by atoms with van der Waals surface area (Å²) in [5, 5.41) is 0.667. The fraction of sp³-hybridized carbons (Fsp3) is 0.571. The van der Waals surface area contributed by atoms with Crippen molar-refractivity contribution in [1.82, 2.24) is 19.8 Å². The van der Waals surface area contributed by atoms with Gasteiger partial charge in [0.1, 0.15) is 11.0 Å². The smallest absolute Gasteiger partial charge is 0.368 e. The first kappa shape index (κ1) is 31.2. The summed E-state index contributed by atoms with van der Waals surface area (Å²) in [6.45, 7) is 11.7. The number of rotatable bonds is 6. The monoisotopic (exact) mass is 612 g/mol.